The Morgan fingerprint density at radius 1 is 1.55 bits per heavy atom. The van der Waals surface area contributed by atoms with Crippen LogP contribution in [0.25, 0.3) is 5.69 Å². The zero-order chi connectivity index (χ0) is 14.5. The molecule has 106 valence electrons. The molecule has 7 heteroatoms. The number of rotatable bonds is 5. The number of benzene rings is 1. The van der Waals surface area contributed by atoms with Crippen LogP contribution in [0, 0.1) is 5.82 Å². The summed E-state index contributed by atoms with van der Waals surface area (Å²) in [5.41, 5.74) is 0.444. The van der Waals surface area contributed by atoms with Gasteiger partial charge in [-0.15, -0.1) is 0 Å². The number of nitrogens with one attached hydrogen (secondary N) is 1. The third kappa shape index (κ3) is 3.39. The summed E-state index contributed by atoms with van der Waals surface area (Å²) in [6, 6.07) is 4.13. The average Bonchev–Trinajstić information content (AvgIpc) is 2.91. The minimum absolute atomic E-state index is 0.219. The van der Waals surface area contributed by atoms with Gasteiger partial charge < -0.3 is 10.4 Å². The van der Waals surface area contributed by atoms with E-state index in [4.69, 9.17) is 5.11 Å². The summed E-state index contributed by atoms with van der Waals surface area (Å²) in [6.07, 6.45) is 2.64. The number of hydrogen-bond donors (Lipinski definition) is 2. The van der Waals surface area contributed by atoms with Gasteiger partial charge >= 0.3 is 0 Å². The van der Waals surface area contributed by atoms with Crippen LogP contribution in [0.1, 0.15) is 23.7 Å². The molecule has 0 aliphatic carbocycles. The minimum atomic E-state index is -0.557. The van der Waals surface area contributed by atoms with Crippen molar-refractivity contribution in [2.75, 3.05) is 6.54 Å². The number of aliphatic hydroxyl groups excluding tert-OH is 1. The molecular formula is C13H15FN4O2. The first kappa shape index (κ1) is 14.1. The van der Waals surface area contributed by atoms with Crippen molar-refractivity contribution in [3.05, 3.63) is 42.2 Å². The third-order valence-corrected chi connectivity index (χ3v) is 2.72. The fourth-order valence-electron chi connectivity index (χ4n) is 1.66. The molecule has 2 N–H and O–H groups in total. The monoisotopic (exact) mass is 278 g/mol. The number of halogens is 1. The van der Waals surface area contributed by atoms with Crippen LogP contribution in [0.15, 0.2) is 30.9 Å². The third-order valence-electron chi connectivity index (χ3n) is 2.72. The van der Waals surface area contributed by atoms with Crippen LogP contribution in [0.4, 0.5) is 4.39 Å². The van der Waals surface area contributed by atoms with Crippen molar-refractivity contribution >= 4 is 5.91 Å². The molecule has 0 saturated heterocycles. The van der Waals surface area contributed by atoms with E-state index in [0.29, 0.717) is 13.0 Å². The van der Waals surface area contributed by atoms with E-state index in [-0.39, 0.29) is 17.2 Å². The summed E-state index contributed by atoms with van der Waals surface area (Å²) < 4.78 is 15.2. The summed E-state index contributed by atoms with van der Waals surface area (Å²) in [6.45, 7) is 1.97. The normalized spacial score (nSPS) is 12.2. The molecular weight excluding hydrogens is 263 g/mol. The van der Waals surface area contributed by atoms with Gasteiger partial charge in [-0.05, 0) is 31.5 Å². The Kier molecular flexibility index (Phi) is 4.41. The number of aliphatic hydroxyl groups is 1. The number of hydrogen-bond acceptors (Lipinski definition) is 4. The van der Waals surface area contributed by atoms with Gasteiger partial charge in [0.05, 0.1) is 6.10 Å². The molecule has 1 aromatic heterocycles. The smallest absolute Gasteiger partial charge is 0.251 e. The maximum absolute atomic E-state index is 13.9. The molecule has 20 heavy (non-hydrogen) atoms. The molecule has 1 amide bonds. The molecule has 0 radical (unpaired) electrons. The molecule has 1 unspecified atom stereocenters. The lowest BCUT2D eigenvalue weighted by Crippen LogP contribution is -2.26. The van der Waals surface area contributed by atoms with Crippen molar-refractivity contribution in [3.8, 4) is 5.69 Å². The van der Waals surface area contributed by atoms with Crippen molar-refractivity contribution in [1.29, 1.82) is 0 Å². The lowest BCUT2D eigenvalue weighted by atomic mass is 10.2. The lowest BCUT2D eigenvalue weighted by molar-refractivity contribution is 0.0945. The molecule has 0 spiro atoms. The molecule has 6 nitrogen and oxygen atoms in total. The Balaban J connectivity index is 2.07. The van der Waals surface area contributed by atoms with E-state index in [1.165, 1.54) is 29.5 Å². The highest BCUT2D eigenvalue weighted by Gasteiger charge is 2.11. The first-order valence-corrected chi connectivity index (χ1v) is 6.18. The van der Waals surface area contributed by atoms with Gasteiger partial charge in [0.1, 0.15) is 24.2 Å². The molecule has 1 aromatic carbocycles. The predicted octanol–water partition coefficient (Wildman–Crippen LogP) is 0.907. The highest BCUT2D eigenvalue weighted by Crippen LogP contribution is 2.13. The molecule has 0 saturated carbocycles. The quantitative estimate of drug-likeness (QED) is 0.852. The van der Waals surface area contributed by atoms with Crippen LogP contribution < -0.4 is 5.32 Å². The zero-order valence-electron chi connectivity index (χ0n) is 11.0. The van der Waals surface area contributed by atoms with Crippen LogP contribution in [-0.2, 0) is 0 Å². The number of aromatic nitrogens is 3. The van der Waals surface area contributed by atoms with Crippen molar-refractivity contribution < 1.29 is 14.3 Å². The van der Waals surface area contributed by atoms with Gasteiger partial charge in [0.15, 0.2) is 0 Å². The van der Waals surface area contributed by atoms with Crippen molar-refractivity contribution in [2.45, 2.75) is 19.4 Å². The van der Waals surface area contributed by atoms with Gasteiger partial charge in [-0.2, -0.15) is 5.10 Å². The van der Waals surface area contributed by atoms with E-state index in [1.54, 1.807) is 6.92 Å². The zero-order valence-corrected chi connectivity index (χ0v) is 11.0. The molecule has 0 aliphatic rings. The molecule has 0 fully saturated rings. The van der Waals surface area contributed by atoms with Crippen molar-refractivity contribution in [3.63, 3.8) is 0 Å². The van der Waals surface area contributed by atoms with E-state index in [0.717, 1.165) is 6.07 Å². The number of amides is 1. The molecule has 1 atom stereocenters. The predicted molar refractivity (Wildman–Crippen MR) is 69.9 cm³/mol. The fourth-order valence-corrected chi connectivity index (χ4v) is 1.66. The van der Waals surface area contributed by atoms with E-state index < -0.39 is 11.9 Å². The second kappa shape index (κ2) is 6.25. The maximum atomic E-state index is 13.9. The van der Waals surface area contributed by atoms with E-state index in [1.807, 2.05) is 0 Å². The molecule has 2 aromatic rings. The van der Waals surface area contributed by atoms with Crippen LogP contribution in [0.3, 0.4) is 0 Å². The van der Waals surface area contributed by atoms with Crippen LogP contribution in [-0.4, -0.2) is 38.4 Å². The number of carbonyl (C=O) groups is 1. The Hall–Kier alpha value is -2.28. The Morgan fingerprint density at radius 3 is 2.95 bits per heavy atom. The van der Waals surface area contributed by atoms with Gasteiger partial charge in [-0.3, -0.25) is 4.79 Å². The Morgan fingerprint density at radius 2 is 2.35 bits per heavy atom. The highest BCUT2D eigenvalue weighted by molar-refractivity contribution is 5.94. The van der Waals surface area contributed by atoms with Gasteiger partial charge in [0.2, 0.25) is 0 Å². The summed E-state index contributed by atoms with van der Waals surface area (Å²) in [4.78, 5) is 15.5. The minimum Gasteiger partial charge on any atom is -0.393 e. The Bertz CT molecular complexity index is 584. The SMILES string of the molecule is CC(O)CCNC(=O)c1ccc(-n2cncn2)c(F)c1. The van der Waals surface area contributed by atoms with Gasteiger partial charge in [0, 0.05) is 12.1 Å². The largest absolute Gasteiger partial charge is 0.393 e. The maximum Gasteiger partial charge on any atom is 0.251 e. The molecule has 0 bridgehead atoms. The number of nitrogens with zero attached hydrogens (tertiary/aromatic N) is 3. The van der Waals surface area contributed by atoms with Crippen molar-refractivity contribution in [1.82, 2.24) is 20.1 Å². The first-order valence-electron chi connectivity index (χ1n) is 6.18. The van der Waals surface area contributed by atoms with Gasteiger partial charge in [0.25, 0.3) is 5.91 Å². The van der Waals surface area contributed by atoms with E-state index >= 15 is 0 Å². The number of carbonyl (C=O) groups excluding carboxylic acids is 1. The summed E-state index contributed by atoms with van der Waals surface area (Å²) in [5.74, 6) is -0.937. The first-order chi connectivity index (χ1) is 9.58. The summed E-state index contributed by atoms with van der Waals surface area (Å²) >= 11 is 0. The van der Waals surface area contributed by atoms with E-state index in [9.17, 15) is 9.18 Å². The van der Waals surface area contributed by atoms with Crippen LogP contribution in [0.2, 0.25) is 0 Å². The fraction of sp³-hybridized carbons (Fsp3) is 0.308. The lowest BCUT2D eigenvalue weighted by Gasteiger charge is -2.08. The average molecular weight is 278 g/mol. The van der Waals surface area contributed by atoms with Gasteiger partial charge in [-0.25, -0.2) is 14.1 Å². The second-order valence-corrected chi connectivity index (χ2v) is 4.40. The topological polar surface area (TPSA) is 80.0 Å². The van der Waals surface area contributed by atoms with Crippen molar-refractivity contribution in [2.24, 2.45) is 0 Å². The van der Waals surface area contributed by atoms with Crippen LogP contribution in [0.5, 0.6) is 0 Å². The van der Waals surface area contributed by atoms with Gasteiger partial charge in [-0.1, -0.05) is 0 Å². The highest BCUT2D eigenvalue weighted by atomic mass is 19.1. The molecule has 0 aliphatic heterocycles. The summed E-state index contributed by atoms with van der Waals surface area (Å²) in [7, 11) is 0. The summed E-state index contributed by atoms with van der Waals surface area (Å²) in [5, 5.41) is 15.5. The molecule has 1 heterocycles. The van der Waals surface area contributed by atoms with Crippen LogP contribution >= 0.6 is 0 Å². The molecule has 2 rings (SSSR count). The standard InChI is InChI=1S/C13H15FN4O2/c1-9(19)4-5-16-13(20)10-2-3-12(11(14)6-10)18-8-15-7-17-18/h2-3,6-9,19H,4-5H2,1H3,(H,16,20). The Labute approximate surface area is 115 Å². The second-order valence-electron chi connectivity index (χ2n) is 4.40. The van der Waals surface area contributed by atoms with E-state index in [2.05, 4.69) is 15.4 Å².